The molecule has 2 heterocycles. The number of ether oxygens (including phenoxy) is 2. The second kappa shape index (κ2) is 36.6. The summed E-state index contributed by atoms with van der Waals surface area (Å²) in [7, 11) is 0. The summed E-state index contributed by atoms with van der Waals surface area (Å²) in [5.74, 6) is -0.217. The van der Waals surface area contributed by atoms with Crippen molar-refractivity contribution in [3.63, 3.8) is 0 Å². The van der Waals surface area contributed by atoms with E-state index in [1.54, 1.807) is 0 Å². The van der Waals surface area contributed by atoms with Gasteiger partial charge >= 0.3 is 11.9 Å². The van der Waals surface area contributed by atoms with Gasteiger partial charge in [-0.25, -0.2) is 0 Å². The van der Waals surface area contributed by atoms with Crippen LogP contribution in [0.3, 0.4) is 0 Å². The third-order valence-electron chi connectivity index (χ3n) is 9.67. The molecule has 0 aromatic rings. The van der Waals surface area contributed by atoms with Crippen molar-refractivity contribution in [2.24, 2.45) is 0 Å². The van der Waals surface area contributed by atoms with Crippen LogP contribution in [0.25, 0.3) is 0 Å². The summed E-state index contributed by atoms with van der Waals surface area (Å²) < 4.78 is 10.8. The van der Waals surface area contributed by atoms with Crippen molar-refractivity contribution in [2.75, 3.05) is 32.7 Å². The predicted octanol–water partition coefficient (Wildman–Crippen LogP) is 10.9. The normalized spacial score (nSPS) is 18.4. The number of aliphatic hydroxyl groups is 1. The van der Waals surface area contributed by atoms with Crippen molar-refractivity contribution in [3.8, 4) is 0 Å². The molecule has 2 aliphatic rings. The van der Waals surface area contributed by atoms with Gasteiger partial charge in [0.2, 0.25) is 0 Å². The maximum absolute atomic E-state index is 12.0. The van der Waals surface area contributed by atoms with Gasteiger partial charge in [0.25, 0.3) is 0 Å². The molecule has 2 N–H and O–H groups in total. The van der Waals surface area contributed by atoms with Crippen LogP contribution in [0.15, 0.2) is 0 Å². The van der Waals surface area contributed by atoms with Crippen molar-refractivity contribution < 1.29 is 24.2 Å². The molecule has 0 spiro atoms. The molecule has 2 aliphatic heterocycles. The number of hydrogen-bond donors (Lipinski definition) is 2. The molecule has 0 aromatic carbocycles. The Kier molecular flexibility index (Phi) is 37.3. The topological polar surface area (TPSA) is 88.1 Å². The van der Waals surface area contributed by atoms with Crippen LogP contribution in [0, 0.1) is 0 Å². The van der Waals surface area contributed by atoms with Gasteiger partial charge in [0, 0.05) is 19.6 Å². The summed E-state index contributed by atoms with van der Waals surface area (Å²) in [6.07, 6.45) is 34.0. The highest BCUT2D eigenvalue weighted by Crippen LogP contribution is 2.17. The van der Waals surface area contributed by atoms with Crippen molar-refractivity contribution in [3.05, 3.63) is 0 Å². The summed E-state index contributed by atoms with van der Waals surface area (Å²) in [6, 6.07) is 0. The number of morpholine rings is 2. The lowest BCUT2D eigenvalue weighted by atomic mass is 10.0. The molecule has 3 unspecified atom stereocenters. The van der Waals surface area contributed by atoms with E-state index in [1.807, 2.05) is 0 Å². The number of unbranched alkanes of at least 4 members (excludes halogenated alkanes) is 21. The molecule has 2 rings (SSSR count). The van der Waals surface area contributed by atoms with Crippen LogP contribution >= 0.6 is 0 Å². The number of nitrogens with one attached hydrogen (secondary N) is 1. The molecule has 0 aliphatic carbocycles. The van der Waals surface area contributed by atoms with Crippen molar-refractivity contribution in [1.29, 1.82) is 0 Å². The smallest absolute Gasteiger partial charge is 0.320 e. The van der Waals surface area contributed by atoms with Gasteiger partial charge in [0.15, 0.2) is 0 Å². The van der Waals surface area contributed by atoms with Gasteiger partial charge in [-0.2, -0.15) is 0 Å². The first kappa shape index (κ1) is 49.9. The molecule has 0 saturated carbocycles. The van der Waals surface area contributed by atoms with Crippen LogP contribution < -0.4 is 5.32 Å². The third kappa shape index (κ3) is 31.3. The van der Waals surface area contributed by atoms with E-state index in [0.717, 1.165) is 45.2 Å². The zero-order chi connectivity index (χ0) is 34.2. The summed E-state index contributed by atoms with van der Waals surface area (Å²) in [4.78, 5) is 25.1. The minimum atomic E-state index is -0.320. The van der Waals surface area contributed by atoms with E-state index in [1.165, 1.54) is 141 Å². The van der Waals surface area contributed by atoms with Gasteiger partial charge in [-0.3, -0.25) is 14.5 Å². The minimum Gasteiger partial charge on any atom is -0.460 e. The van der Waals surface area contributed by atoms with Gasteiger partial charge in [-0.05, 0) is 32.1 Å². The third-order valence-corrected chi connectivity index (χ3v) is 9.67. The van der Waals surface area contributed by atoms with Crippen molar-refractivity contribution in [2.45, 2.75) is 227 Å². The molecular formula is C42H86N2O5. The molecule has 0 radical (unpaired) electrons. The summed E-state index contributed by atoms with van der Waals surface area (Å²) in [6.45, 7) is 9.71. The van der Waals surface area contributed by atoms with Gasteiger partial charge in [-0.15, -0.1) is 0 Å². The van der Waals surface area contributed by atoms with E-state index in [-0.39, 0.29) is 45.1 Å². The molecule has 294 valence electrons. The maximum atomic E-state index is 12.0. The molecule has 0 aromatic heterocycles. The minimum absolute atomic E-state index is 0. The monoisotopic (exact) mass is 699 g/mol. The lowest BCUT2D eigenvalue weighted by Crippen LogP contribution is -2.47. The first-order chi connectivity index (χ1) is 23.0. The Bertz CT molecular complexity index is 719. The SMILES string of the molecule is C.C.CCCCCCCCCCC(O)CN1CC(=O)OC(CCCCCCCCCC)C1.CCCCCCCCCCC1CNCC(=O)O1. The lowest BCUT2D eigenvalue weighted by Gasteiger charge is -2.33. The fraction of sp³-hybridized carbons (Fsp3) is 0.952. The lowest BCUT2D eigenvalue weighted by molar-refractivity contribution is -0.160. The Labute approximate surface area is 305 Å². The maximum Gasteiger partial charge on any atom is 0.320 e. The van der Waals surface area contributed by atoms with E-state index in [2.05, 4.69) is 31.0 Å². The molecule has 7 nitrogen and oxygen atoms in total. The Morgan fingerprint density at radius 3 is 1.49 bits per heavy atom. The molecule has 0 amide bonds. The summed E-state index contributed by atoms with van der Waals surface area (Å²) >= 11 is 0. The van der Waals surface area contributed by atoms with E-state index in [0.29, 0.717) is 19.6 Å². The molecular weight excluding hydrogens is 612 g/mol. The second-order valence-electron chi connectivity index (χ2n) is 14.5. The number of cyclic esters (lactones) is 2. The number of carbonyl (C=O) groups is 2. The Hall–Kier alpha value is -1.18. The number of esters is 2. The van der Waals surface area contributed by atoms with Crippen LogP contribution in [0.4, 0.5) is 0 Å². The molecule has 0 bridgehead atoms. The Morgan fingerprint density at radius 1 is 0.612 bits per heavy atom. The number of β-amino-alcohol motifs (C(OH)–C–C–N with tert-alkyl or cyclic N) is 1. The molecule has 2 saturated heterocycles. The standard InChI is InChI=1S/C26H51NO3.C14H27NO2.2CH4/c1-3-5-7-9-11-13-15-17-19-24(28)21-27-22-25(30-26(29)23-27)20-18-16-14-12-10-8-6-4-2;1-2-3-4-5-6-7-8-9-10-13-11-15-12-14(16)17-13;;/h24-25,28H,3-23H2,1-2H3;13,15H,2-12H2,1H3;2*1H4. The van der Waals surface area contributed by atoms with Crippen LogP contribution in [-0.2, 0) is 19.1 Å². The van der Waals surface area contributed by atoms with Crippen LogP contribution in [0.2, 0.25) is 0 Å². The van der Waals surface area contributed by atoms with E-state index < -0.39 is 0 Å². The van der Waals surface area contributed by atoms with E-state index >= 15 is 0 Å². The average molecular weight is 699 g/mol. The highest BCUT2D eigenvalue weighted by Gasteiger charge is 2.27. The molecule has 7 heteroatoms. The van der Waals surface area contributed by atoms with Gasteiger partial charge in [-0.1, -0.05) is 177 Å². The van der Waals surface area contributed by atoms with Crippen LogP contribution in [0.5, 0.6) is 0 Å². The average Bonchev–Trinajstić information content (AvgIpc) is 3.05. The zero-order valence-corrected chi connectivity index (χ0v) is 31.4. The van der Waals surface area contributed by atoms with Crippen molar-refractivity contribution >= 4 is 11.9 Å². The first-order valence-corrected chi connectivity index (χ1v) is 20.5. The first-order valence-electron chi connectivity index (χ1n) is 20.5. The molecule has 49 heavy (non-hydrogen) atoms. The number of hydrogen-bond acceptors (Lipinski definition) is 7. The fourth-order valence-corrected chi connectivity index (χ4v) is 6.77. The number of rotatable bonds is 29. The quantitative estimate of drug-likeness (QED) is 0.0594. The van der Waals surface area contributed by atoms with Gasteiger partial charge in [0.05, 0.1) is 19.2 Å². The van der Waals surface area contributed by atoms with Gasteiger partial charge < -0.3 is 19.9 Å². The fourth-order valence-electron chi connectivity index (χ4n) is 6.77. The predicted molar refractivity (Wildman–Crippen MR) is 210 cm³/mol. The second-order valence-corrected chi connectivity index (χ2v) is 14.5. The zero-order valence-electron chi connectivity index (χ0n) is 31.4. The van der Waals surface area contributed by atoms with Gasteiger partial charge in [0.1, 0.15) is 12.2 Å². The van der Waals surface area contributed by atoms with Crippen LogP contribution in [-0.4, -0.2) is 73.0 Å². The highest BCUT2D eigenvalue weighted by molar-refractivity contribution is 5.72. The van der Waals surface area contributed by atoms with E-state index in [4.69, 9.17) is 9.47 Å². The van der Waals surface area contributed by atoms with E-state index in [9.17, 15) is 14.7 Å². The van der Waals surface area contributed by atoms with Crippen LogP contribution in [0.1, 0.15) is 209 Å². The summed E-state index contributed by atoms with van der Waals surface area (Å²) in [5.41, 5.74) is 0. The number of nitrogens with zero attached hydrogens (tertiary/aromatic N) is 1. The van der Waals surface area contributed by atoms with Crippen molar-refractivity contribution in [1.82, 2.24) is 10.2 Å². The Morgan fingerprint density at radius 2 is 1.02 bits per heavy atom. The summed E-state index contributed by atoms with van der Waals surface area (Å²) in [5, 5.41) is 13.5. The number of carbonyl (C=O) groups excluding carboxylic acids is 2. The highest BCUT2D eigenvalue weighted by atomic mass is 16.6. The molecule has 2 fully saturated rings. The molecule has 3 atom stereocenters. The largest absolute Gasteiger partial charge is 0.460 e. The Balaban J connectivity index is 0. The number of aliphatic hydroxyl groups excluding tert-OH is 1.